The van der Waals surface area contributed by atoms with E-state index in [4.69, 9.17) is 16.1 Å². The number of benzene rings is 1. The van der Waals surface area contributed by atoms with Crippen molar-refractivity contribution in [1.29, 1.82) is 0 Å². The fourth-order valence-corrected chi connectivity index (χ4v) is 2.19. The van der Waals surface area contributed by atoms with Gasteiger partial charge in [0, 0.05) is 28.4 Å². The summed E-state index contributed by atoms with van der Waals surface area (Å²) in [5, 5.41) is 10.9. The molecule has 0 unspecified atom stereocenters. The lowest BCUT2D eigenvalue weighted by atomic mass is 9.93. The maximum atomic E-state index is 5.98. The van der Waals surface area contributed by atoms with Crippen molar-refractivity contribution in [3.8, 4) is 0 Å². The fourth-order valence-electron chi connectivity index (χ4n) is 2.00. The van der Waals surface area contributed by atoms with Crippen molar-refractivity contribution < 1.29 is 4.52 Å². The van der Waals surface area contributed by atoms with E-state index in [0.717, 1.165) is 11.4 Å². The van der Waals surface area contributed by atoms with E-state index < -0.39 is 0 Å². The maximum absolute atomic E-state index is 5.98. The SMILES string of the molecule is CC(C)(C)c1cc(Nc2ccnc(Nc3cccc(Cl)c3)n2)no1. The highest BCUT2D eigenvalue weighted by Gasteiger charge is 2.19. The highest BCUT2D eigenvalue weighted by Crippen LogP contribution is 2.26. The van der Waals surface area contributed by atoms with E-state index in [9.17, 15) is 0 Å². The van der Waals surface area contributed by atoms with E-state index >= 15 is 0 Å². The molecule has 6 nitrogen and oxygen atoms in total. The molecule has 2 N–H and O–H groups in total. The second kappa shape index (κ2) is 6.49. The van der Waals surface area contributed by atoms with Crippen molar-refractivity contribution in [3.63, 3.8) is 0 Å². The molecule has 0 aliphatic rings. The fraction of sp³-hybridized carbons (Fsp3) is 0.235. The summed E-state index contributed by atoms with van der Waals surface area (Å²) in [5.74, 6) is 2.48. The van der Waals surface area contributed by atoms with Crippen molar-refractivity contribution in [2.24, 2.45) is 0 Å². The number of halogens is 1. The predicted molar refractivity (Wildman–Crippen MR) is 95.3 cm³/mol. The Morgan fingerprint density at radius 3 is 2.58 bits per heavy atom. The Morgan fingerprint density at radius 1 is 1.04 bits per heavy atom. The van der Waals surface area contributed by atoms with Gasteiger partial charge in [-0.2, -0.15) is 4.98 Å². The maximum Gasteiger partial charge on any atom is 0.229 e. The lowest BCUT2D eigenvalue weighted by Gasteiger charge is -2.12. The minimum atomic E-state index is -0.0993. The minimum absolute atomic E-state index is 0.0993. The number of anilines is 4. The quantitative estimate of drug-likeness (QED) is 0.701. The van der Waals surface area contributed by atoms with Crippen LogP contribution in [0.4, 0.5) is 23.3 Å². The van der Waals surface area contributed by atoms with Crippen LogP contribution in [0, 0.1) is 0 Å². The van der Waals surface area contributed by atoms with Crippen molar-refractivity contribution >= 4 is 34.9 Å². The zero-order chi connectivity index (χ0) is 17.2. The van der Waals surface area contributed by atoms with Gasteiger partial charge in [0.1, 0.15) is 11.6 Å². The molecule has 0 aliphatic heterocycles. The van der Waals surface area contributed by atoms with E-state index in [1.165, 1.54) is 0 Å². The molecule has 0 amide bonds. The molecule has 24 heavy (non-hydrogen) atoms. The van der Waals surface area contributed by atoms with Gasteiger partial charge in [-0.1, -0.05) is 43.6 Å². The van der Waals surface area contributed by atoms with Crippen LogP contribution in [0.15, 0.2) is 47.1 Å². The second-order valence-corrected chi connectivity index (χ2v) is 6.79. The van der Waals surface area contributed by atoms with Crippen molar-refractivity contribution in [2.45, 2.75) is 26.2 Å². The highest BCUT2D eigenvalue weighted by molar-refractivity contribution is 6.30. The van der Waals surface area contributed by atoms with Crippen LogP contribution in [-0.4, -0.2) is 15.1 Å². The molecule has 0 atom stereocenters. The van der Waals surface area contributed by atoms with Crippen LogP contribution in [0.25, 0.3) is 0 Å². The molecule has 0 fully saturated rings. The first-order valence-corrected chi connectivity index (χ1v) is 7.88. The number of nitrogens with one attached hydrogen (secondary N) is 2. The molecule has 2 aromatic heterocycles. The first-order chi connectivity index (χ1) is 11.4. The van der Waals surface area contributed by atoms with Gasteiger partial charge in [-0.3, -0.25) is 0 Å². The van der Waals surface area contributed by atoms with Gasteiger partial charge in [0.2, 0.25) is 5.95 Å². The van der Waals surface area contributed by atoms with Crippen LogP contribution in [0.2, 0.25) is 5.02 Å². The van der Waals surface area contributed by atoms with Crippen LogP contribution < -0.4 is 10.6 Å². The summed E-state index contributed by atoms with van der Waals surface area (Å²) in [6.07, 6.45) is 1.66. The number of nitrogens with zero attached hydrogens (tertiary/aromatic N) is 3. The van der Waals surface area contributed by atoms with Crippen LogP contribution in [0.5, 0.6) is 0 Å². The molecular weight excluding hydrogens is 326 g/mol. The first-order valence-electron chi connectivity index (χ1n) is 7.50. The van der Waals surface area contributed by atoms with Gasteiger partial charge in [0.25, 0.3) is 0 Å². The smallest absolute Gasteiger partial charge is 0.229 e. The van der Waals surface area contributed by atoms with E-state index in [-0.39, 0.29) is 5.41 Å². The summed E-state index contributed by atoms with van der Waals surface area (Å²) in [6.45, 7) is 6.19. The van der Waals surface area contributed by atoms with Crippen LogP contribution in [0.1, 0.15) is 26.5 Å². The van der Waals surface area contributed by atoms with Gasteiger partial charge in [0.05, 0.1) is 0 Å². The Bertz CT molecular complexity index is 841. The minimum Gasteiger partial charge on any atom is -0.359 e. The lowest BCUT2D eigenvalue weighted by molar-refractivity contribution is 0.331. The molecule has 124 valence electrons. The lowest BCUT2D eigenvalue weighted by Crippen LogP contribution is -2.09. The Balaban J connectivity index is 1.74. The van der Waals surface area contributed by atoms with E-state index in [0.29, 0.717) is 22.6 Å². The van der Waals surface area contributed by atoms with Crippen molar-refractivity contribution in [3.05, 3.63) is 53.4 Å². The molecule has 0 aliphatic carbocycles. The van der Waals surface area contributed by atoms with Crippen LogP contribution in [-0.2, 0) is 5.41 Å². The molecule has 0 saturated carbocycles. The van der Waals surface area contributed by atoms with E-state index in [1.807, 2.05) is 24.3 Å². The van der Waals surface area contributed by atoms with Crippen LogP contribution >= 0.6 is 11.6 Å². The zero-order valence-electron chi connectivity index (χ0n) is 13.7. The topological polar surface area (TPSA) is 75.9 Å². The molecule has 7 heteroatoms. The summed E-state index contributed by atoms with van der Waals surface area (Å²) < 4.78 is 5.35. The van der Waals surface area contributed by atoms with Gasteiger partial charge in [-0.15, -0.1) is 0 Å². The Labute approximate surface area is 145 Å². The van der Waals surface area contributed by atoms with Gasteiger partial charge < -0.3 is 15.2 Å². The molecule has 0 spiro atoms. The molecule has 3 aromatic rings. The largest absolute Gasteiger partial charge is 0.359 e. The molecule has 2 heterocycles. The monoisotopic (exact) mass is 343 g/mol. The van der Waals surface area contributed by atoms with Gasteiger partial charge >= 0.3 is 0 Å². The predicted octanol–water partition coefficient (Wildman–Crippen LogP) is 4.90. The molecular formula is C17H18ClN5O. The van der Waals surface area contributed by atoms with Crippen LogP contribution in [0.3, 0.4) is 0 Å². The van der Waals surface area contributed by atoms with Gasteiger partial charge in [-0.05, 0) is 24.3 Å². The molecule has 0 radical (unpaired) electrons. The zero-order valence-corrected chi connectivity index (χ0v) is 14.4. The average molecular weight is 344 g/mol. The number of hydrogen-bond acceptors (Lipinski definition) is 6. The summed E-state index contributed by atoms with van der Waals surface area (Å²) >= 11 is 5.98. The molecule has 3 rings (SSSR count). The molecule has 0 bridgehead atoms. The molecule has 1 aromatic carbocycles. The average Bonchev–Trinajstić information content (AvgIpc) is 2.96. The molecule has 0 saturated heterocycles. The van der Waals surface area contributed by atoms with E-state index in [2.05, 4.69) is 46.5 Å². The first kappa shape index (κ1) is 16.3. The number of hydrogen-bond donors (Lipinski definition) is 2. The number of aromatic nitrogens is 3. The third-order valence-corrected chi connectivity index (χ3v) is 3.48. The van der Waals surface area contributed by atoms with Crippen molar-refractivity contribution in [1.82, 2.24) is 15.1 Å². The Morgan fingerprint density at radius 2 is 1.88 bits per heavy atom. The van der Waals surface area contributed by atoms with E-state index in [1.54, 1.807) is 18.3 Å². The van der Waals surface area contributed by atoms with Gasteiger partial charge in [-0.25, -0.2) is 4.98 Å². The number of rotatable bonds is 4. The Hall–Kier alpha value is -2.60. The Kier molecular flexibility index (Phi) is 4.40. The third-order valence-electron chi connectivity index (χ3n) is 3.24. The summed E-state index contributed by atoms with van der Waals surface area (Å²) in [4.78, 5) is 8.61. The third kappa shape index (κ3) is 4.02. The van der Waals surface area contributed by atoms with Crippen molar-refractivity contribution in [2.75, 3.05) is 10.6 Å². The summed E-state index contributed by atoms with van der Waals surface area (Å²) in [6, 6.07) is 11.0. The second-order valence-electron chi connectivity index (χ2n) is 6.35. The highest BCUT2D eigenvalue weighted by atomic mass is 35.5. The standard InChI is InChI=1S/C17H18ClN5O/c1-17(2,3)13-10-15(23-24-13)21-14-7-8-19-16(22-14)20-12-6-4-5-11(18)9-12/h4-10H,1-3H3,(H2,19,20,21,22,23). The summed E-state index contributed by atoms with van der Waals surface area (Å²) in [5.41, 5.74) is 0.717. The normalized spacial score (nSPS) is 11.3. The van der Waals surface area contributed by atoms with Gasteiger partial charge in [0.15, 0.2) is 5.82 Å². The summed E-state index contributed by atoms with van der Waals surface area (Å²) in [7, 11) is 0.